The Balaban J connectivity index is 2.25. The van der Waals surface area contributed by atoms with E-state index in [1.807, 2.05) is 30.9 Å². The fourth-order valence-electron chi connectivity index (χ4n) is 3.50. The lowest BCUT2D eigenvalue weighted by molar-refractivity contribution is 0.0299. The molecule has 6 nitrogen and oxygen atoms in total. The highest BCUT2D eigenvalue weighted by Gasteiger charge is 2.56. The number of aromatic nitrogens is 2. The van der Waals surface area contributed by atoms with Crippen molar-refractivity contribution in [1.82, 2.24) is 9.97 Å². The monoisotopic (exact) mass is 269 g/mol. The lowest BCUT2D eigenvalue weighted by atomic mass is 9.99. The van der Waals surface area contributed by atoms with Crippen LogP contribution in [-0.2, 0) is 0 Å². The van der Waals surface area contributed by atoms with Gasteiger partial charge in [0.15, 0.2) is 17.2 Å². The minimum absolute atomic E-state index is 0.0282. The topological polar surface area (TPSA) is 96.8 Å². The Hall–Kier alpha value is -2.18. The minimum Gasteiger partial charge on any atom is -0.370 e. The molecule has 1 aliphatic heterocycles. The van der Waals surface area contributed by atoms with E-state index >= 15 is 0 Å². The molecule has 1 aromatic heterocycles. The largest absolute Gasteiger partial charge is 0.370 e. The van der Waals surface area contributed by atoms with Gasteiger partial charge in [-0.05, 0) is 33.1 Å². The second-order valence-corrected chi connectivity index (χ2v) is 5.64. The molecule has 1 N–H and O–H groups in total. The summed E-state index contributed by atoms with van der Waals surface area (Å²) in [6, 6.07) is 3.88. The van der Waals surface area contributed by atoms with Crippen LogP contribution in [0, 0.1) is 22.7 Å². The number of anilines is 1. The van der Waals surface area contributed by atoms with Gasteiger partial charge in [-0.15, -0.1) is 0 Å². The third kappa shape index (κ3) is 1.46. The summed E-state index contributed by atoms with van der Waals surface area (Å²) in [5, 5.41) is 29.2. The zero-order chi connectivity index (χ0) is 14.5. The van der Waals surface area contributed by atoms with Crippen LogP contribution in [0.15, 0.2) is 0 Å². The zero-order valence-corrected chi connectivity index (χ0v) is 11.5. The maximum atomic E-state index is 11.0. The van der Waals surface area contributed by atoms with Gasteiger partial charge >= 0.3 is 0 Å². The van der Waals surface area contributed by atoms with E-state index in [0.29, 0.717) is 17.9 Å². The molecule has 6 heteroatoms. The first-order valence-electron chi connectivity index (χ1n) is 6.76. The molecule has 1 aromatic rings. The molecule has 2 atom stereocenters. The van der Waals surface area contributed by atoms with Crippen LogP contribution in [0.1, 0.15) is 56.1 Å². The Bertz CT molecular complexity index is 657. The maximum Gasteiger partial charge on any atom is 0.179 e. The van der Waals surface area contributed by atoms with Gasteiger partial charge in [0, 0.05) is 6.04 Å². The van der Waals surface area contributed by atoms with Crippen LogP contribution < -0.4 is 4.90 Å². The average molecular weight is 269 g/mol. The molecule has 0 saturated heterocycles. The van der Waals surface area contributed by atoms with Crippen molar-refractivity contribution < 1.29 is 5.11 Å². The zero-order valence-electron chi connectivity index (χ0n) is 11.5. The van der Waals surface area contributed by atoms with Gasteiger partial charge in [0.25, 0.3) is 0 Å². The van der Waals surface area contributed by atoms with Gasteiger partial charge in [0.05, 0.1) is 11.6 Å². The lowest BCUT2D eigenvalue weighted by Gasteiger charge is -2.37. The molecule has 102 valence electrons. The van der Waals surface area contributed by atoms with E-state index in [1.54, 1.807) is 0 Å². The molecule has 20 heavy (non-hydrogen) atoms. The van der Waals surface area contributed by atoms with Gasteiger partial charge in [0.2, 0.25) is 0 Å². The third-order valence-electron chi connectivity index (χ3n) is 4.20. The average Bonchev–Trinajstić information content (AvgIpc) is 2.89. The van der Waals surface area contributed by atoms with Crippen molar-refractivity contribution in [2.75, 3.05) is 4.90 Å². The van der Waals surface area contributed by atoms with Crippen molar-refractivity contribution in [3.05, 3.63) is 17.1 Å². The van der Waals surface area contributed by atoms with Crippen LogP contribution in [-0.4, -0.2) is 26.8 Å². The smallest absolute Gasteiger partial charge is 0.179 e. The van der Waals surface area contributed by atoms with E-state index < -0.39 is 5.72 Å². The second-order valence-electron chi connectivity index (χ2n) is 5.64. The van der Waals surface area contributed by atoms with E-state index in [2.05, 4.69) is 9.97 Å². The molecule has 2 heterocycles. The number of nitrogens with zero attached hydrogens (tertiary/aromatic N) is 5. The number of aliphatic hydroxyl groups is 1. The van der Waals surface area contributed by atoms with Crippen molar-refractivity contribution in [2.24, 2.45) is 0 Å². The van der Waals surface area contributed by atoms with Gasteiger partial charge in [-0.25, -0.2) is 9.97 Å². The van der Waals surface area contributed by atoms with E-state index in [-0.39, 0.29) is 23.3 Å². The van der Waals surface area contributed by atoms with Crippen molar-refractivity contribution in [3.8, 4) is 12.1 Å². The molecule has 1 aliphatic carbocycles. The molecule has 1 saturated carbocycles. The summed E-state index contributed by atoms with van der Waals surface area (Å²) >= 11 is 0. The molecule has 2 aliphatic rings. The Morgan fingerprint density at radius 3 is 2.55 bits per heavy atom. The predicted octanol–water partition coefficient (Wildman–Crippen LogP) is 1.40. The summed E-state index contributed by atoms with van der Waals surface area (Å²) in [6.07, 6.45) is 2.42. The second kappa shape index (κ2) is 4.16. The molecular formula is C14H15N5O. The van der Waals surface area contributed by atoms with E-state index in [1.165, 1.54) is 0 Å². The third-order valence-corrected chi connectivity index (χ3v) is 4.20. The van der Waals surface area contributed by atoms with Crippen molar-refractivity contribution in [3.63, 3.8) is 0 Å². The summed E-state index contributed by atoms with van der Waals surface area (Å²) in [7, 11) is 0. The number of hydrogen-bond donors (Lipinski definition) is 1. The molecule has 1 fully saturated rings. The highest BCUT2D eigenvalue weighted by Crippen LogP contribution is 2.54. The van der Waals surface area contributed by atoms with Gasteiger partial charge in [0.1, 0.15) is 17.9 Å². The molecule has 2 unspecified atom stereocenters. The molecule has 0 amide bonds. The first-order chi connectivity index (χ1) is 9.52. The van der Waals surface area contributed by atoms with Crippen LogP contribution in [0.4, 0.5) is 5.82 Å². The van der Waals surface area contributed by atoms with Crippen molar-refractivity contribution >= 4 is 5.82 Å². The fraction of sp³-hybridized carbons (Fsp3) is 0.571. The van der Waals surface area contributed by atoms with Gasteiger partial charge < -0.3 is 10.0 Å². The number of nitriles is 2. The first-order valence-corrected chi connectivity index (χ1v) is 6.76. The van der Waals surface area contributed by atoms with Crippen LogP contribution >= 0.6 is 0 Å². The maximum absolute atomic E-state index is 11.0. The van der Waals surface area contributed by atoms with Crippen LogP contribution in [0.2, 0.25) is 0 Å². The summed E-state index contributed by atoms with van der Waals surface area (Å²) in [5.74, 6) is 0.440. The number of rotatable bonds is 1. The highest BCUT2D eigenvalue weighted by molar-refractivity contribution is 5.59. The van der Waals surface area contributed by atoms with Crippen LogP contribution in [0.5, 0.6) is 0 Å². The van der Waals surface area contributed by atoms with Gasteiger partial charge in [-0.3, -0.25) is 0 Å². The van der Waals surface area contributed by atoms with Crippen LogP contribution in [0.25, 0.3) is 0 Å². The molecule has 0 spiro atoms. The summed E-state index contributed by atoms with van der Waals surface area (Å²) in [4.78, 5) is 10.5. The Morgan fingerprint density at radius 2 is 1.95 bits per heavy atom. The normalized spacial score (nSPS) is 27.1. The van der Waals surface area contributed by atoms with E-state index in [0.717, 1.165) is 12.8 Å². The SMILES string of the molecule is CC(C)N1c2nc(C#N)c(C#N)nc2C2CCCC21O. The van der Waals surface area contributed by atoms with Crippen LogP contribution in [0.3, 0.4) is 0 Å². The fourth-order valence-corrected chi connectivity index (χ4v) is 3.50. The molecule has 0 radical (unpaired) electrons. The molecule has 0 bridgehead atoms. The Kier molecular flexibility index (Phi) is 2.67. The number of fused-ring (bicyclic) bond motifs is 3. The van der Waals surface area contributed by atoms with Gasteiger partial charge in [-0.2, -0.15) is 10.5 Å². The molecule has 3 rings (SSSR count). The summed E-state index contributed by atoms with van der Waals surface area (Å²) in [6.45, 7) is 3.96. The predicted molar refractivity (Wildman–Crippen MR) is 70.6 cm³/mol. The van der Waals surface area contributed by atoms with Crippen molar-refractivity contribution in [2.45, 2.75) is 50.8 Å². The minimum atomic E-state index is -0.975. The van der Waals surface area contributed by atoms with E-state index in [9.17, 15) is 5.11 Å². The number of hydrogen-bond acceptors (Lipinski definition) is 6. The Labute approximate surface area is 117 Å². The standard InChI is InChI=1S/C14H15N5O/c1-8(2)19-13-12(9-4-3-5-14(9,19)20)17-10(6-15)11(7-16)18-13/h8-9,20H,3-5H2,1-2H3. The quantitative estimate of drug-likeness (QED) is 0.827. The van der Waals surface area contributed by atoms with E-state index in [4.69, 9.17) is 10.5 Å². The highest BCUT2D eigenvalue weighted by atomic mass is 16.3. The molecule has 0 aromatic carbocycles. The first kappa shape index (κ1) is 12.8. The molecular weight excluding hydrogens is 254 g/mol. The summed E-state index contributed by atoms with van der Waals surface area (Å²) < 4.78 is 0. The Morgan fingerprint density at radius 1 is 1.30 bits per heavy atom. The summed E-state index contributed by atoms with van der Waals surface area (Å²) in [5.41, 5.74) is -0.238. The van der Waals surface area contributed by atoms with Gasteiger partial charge in [-0.1, -0.05) is 0 Å². The lowest BCUT2D eigenvalue weighted by Crippen LogP contribution is -2.50. The van der Waals surface area contributed by atoms with Crippen molar-refractivity contribution in [1.29, 1.82) is 10.5 Å².